The van der Waals surface area contributed by atoms with Crippen molar-refractivity contribution in [1.29, 1.82) is 0 Å². The van der Waals surface area contributed by atoms with Gasteiger partial charge in [0.25, 0.3) is 17.7 Å². The Morgan fingerprint density at radius 2 is 0.600 bits per heavy atom. The van der Waals surface area contributed by atoms with Gasteiger partial charge >= 0.3 is 17.9 Å². The molecule has 0 atom stereocenters. The molecule has 12 heteroatoms. The van der Waals surface area contributed by atoms with Crippen molar-refractivity contribution in [1.82, 2.24) is 16.0 Å². The van der Waals surface area contributed by atoms with Crippen molar-refractivity contribution in [3.8, 4) is 0 Å². The molecule has 0 bridgehead atoms. The summed E-state index contributed by atoms with van der Waals surface area (Å²) in [6.07, 6.45) is 0. The number of benzene rings is 4. The number of carboxylic acids is 3. The Labute approximate surface area is 256 Å². The molecule has 4 aromatic carbocycles. The van der Waals surface area contributed by atoms with Crippen LogP contribution in [0.2, 0.25) is 0 Å². The molecule has 4 rings (SSSR count). The standard InChI is InChI=1S/C33H27N3O9/c37-28(34-16-19-1-7-22(8-2-19)31(40)41)25-13-26(29(38)35-17-20-3-9-23(10-4-20)32(42)43)15-27(14-25)30(39)36-18-21-5-11-24(12-6-21)33(44)45/h1-15H,16-18H2,(H,34,37)(H,35,38)(H,36,39)(H,40,41)(H,42,43)(H,44,45). The number of aromatic carboxylic acids is 3. The highest BCUT2D eigenvalue weighted by Gasteiger charge is 2.17. The fourth-order valence-electron chi connectivity index (χ4n) is 4.17. The van der Waals surface area contributed by atoms with E-state index in [1.807, 2.05) is 0 Å². The highest BCUT2D eigenvalue weighted by Crippen LogP contribution is 2.14. The summed E-state index contributed by atoms with van der Waals surface area (Å²) < 4.78 is 0. The van der Waals surface area contributed by atoms with Crippen LogP contribution in [0, 0.1) is 0 Å². The van der Waals surface area contributed by atoms with E-state index in [0.717, 1.165) is 0 Å². The molecule has 0 fully saturated rings. The van der Waals surface area contributed by atoms with Gasteiger partial charge in [0, 0.05) is 36.3 Å². The Morgan fingerprint density at radius 1 is 0.378 bits per heavy atom. The zero-order valence-electron chi connectivity index (χ0n) is 23.6. The molecule has 4 aromatic rings. The topological polar surface area (TPSA) is 199 Å². The van der Waals surface area contributed by atoms with Crippen molar-refractivity contribution < 1.29 is 44.1 Å². The lowest BCUT2D eigenvalue weighted by molar-refractivity contribution is 0.0686. The minimum Gasteiger partial charge on any atom is -0.478 e. The van der Waals surface area contributed by atoms with Crippen LogP contribution in [0.5, 0.6) is 0 Å². The number of carboxylic acid groups (broad SMARTS) is 3. The maximum atomic E-state index is 13.1. The Kier molecular flexibility index (Phi) is 10.0. The van der Waals surface area contributed by atoms with Crippen LogP contribution in [0.25, 0.3) is 0 Å². The van der Waals surface area contributed by atoms with Crippen LogP contribution in [0.15, 0.2) is 91.0 Å². The molecule has 0 unspecified atom stereocenters. The second-order valence-electron chi connectivity index (χ2n) is 9.85. The normalized spacial score (nSPS) is 10.4. The third kappa shape index (κ3) is 8.61. The SMILES string of the molecule is O=C(O)c1ccc(CNC(=O)c2cc(C(=O)NCc3ccc(C(=O)O)cc3)cc(C(=O)NCc3ccc(C(=O)O)cc3)c2)cc1. The van der Waals surface area contributed by atoms with Crippen LogP contribution < -0.4 is 16.0 Å². The zero-order chi connectivity index (χ0) is 32.5. The first kappa shape index (κ1) is 31.6. The fraction of sp³-hybridized carbons (Fsp3) is 0.0909. The largest absolute Gasteiger partial charge is 0.478 e. The van der Waals surface area contributed by atoms with E-state index in [1.54, 1.807) is 36.4 Å². The Hall–Kier alpha value is -6.30. The lowest BCUT2D eigenvalue weighted by Crippen LogP contribution is -2.28. The highest BCUT2D eigenvalue weighted by atomic mass is 16.4. The summed E-state index contributed by atoms with van der Waals surface area (Å²) in [5.41, 5.74) is 2.22. The van der Waals surface area contributed by atoms with Crippen molar-refractivity contribution in [2.75, 3.05) is 0 Å². The lowest BCUT2D eigenvalue weighted by Gasteiger charge is -2.12. The van der Waals surface area contributed by atoms with Crippen molar-refractivity contribution in [2.45, 2.75) is 19.6 Å². The third-order valence-electron chi connectivity index (χ3n) is 6.68. The van der Waals surface area contributed by atoms with Gasteiger partial charge in [0.05, 0.1) is 16.7 Å². The van der Waals surface area contributed by atoms with Crippen LogP contribution in [0.4, 0.5) is 0 Å². The predicted octanol–water partition coefficient (Wildman–Crippen LogP) is 3.57. The van der Waals surface area contributed by atoms with E-state index in [4.69, 9.17) is 15.3 Å². The molecule has 0 aromatic heterocycles. The van der Waals surface area contributed by atoms with Crippen molar-refractivity contribution >= 4 is 35.6 Å². The maximum Gasteiger partial charge on any atom is 0.335 e. The van der Waals surface area contributed by atoms with Crippen LogP contribution in [0.1, 0.15) is 78.8 Å². The van der Waals surface area contributed by atoms with E-state index in [2.05, 4.69) is 16.0 Å². The lowest BCUT2D eigenvalue weighted by atomic mass is 10.0. The molecule has 0 spiro atoms. The van der Waals surface area contributed by atoms with Gasteiger partial charge in [-0.2, -0.15) is 0 Å². The van der Waals surface area contributed by atoms with Gasteiger partial charge in [-0.1, -0.05) is 36.4 Å². The number of rotatable bonds is 12. The van der Waals surface area contributed by atoms with Gasteiger partial charge < -0.3 is 31.3 Å². The van der Waals surface area contributed by atoms with Gasteiger partial charge in [0.1, 0.15) is 0 Å². The average Bonchev–Trinajstić information content (AvgIpc) is 3.05. The fourth-order valence-corrected chi connectivity index (χ4v) is 4.17. The van der Waals surface area contributed by atoms with Crippen molar-refractivity contribution in [3.63, 3.8) is 0 Å². The second kappa shape index (κ2) is 14.2. The number of hydrogen-bond donors (Lipinski definition) is 6. The molecule has 45 heavy (non-hydrogen) atoms. The molecule has 0 saturated carbocycles. The number of amides is 3. The first-order chi connectivity index (χ1) is 21.5. The molecule has 228 valence electrons. The summed E-state index contributed by atoms with van der Waals surface area (Å²) in [7, 11) is 0. The minimum atomic E-state index is -1.08. The molecule has 0 aliphatic heterocycles. The molecular formula is C33H27N3O9. The molecule has 6 N–H and O–H groups in total. The molecule has 0 aliphatic rings. The van der Waals surface area contributed by atoms with E-state index in [1.165, 1.54) is 54.6 Å². The summed E-state index contributed by atoms with van der Waals surface area (Å²) in [6.45, 7) is 0.153. The Bertz CT molecular complexity index is 1540. The van der Waals surface area contributed by atoms with Gasteiger partial charge in [-0.15, -0.1) is 0 Å². The smallest absolute Gasteiger partial charge is 0.335 e. The van der Waals surface area contributed by atoms with E-state index in [9.17, 15) is 28.8 Å². The van der Waals surface area contributed by atoms with E-state index >= 15 is 0 Å². The number of carbonyl (C=O) groups is 6. The predicted molar refractivity (Wildman–Crippen MR) is 160 cm³/mol. The van der Waals surface area contributed by atoms with E-state index in [-0.39, 0.29) is 53.0 Å². The molecule has 12 nitrogen and oxygen atoms in total. The number of carbonyl (C=O) groups excluding carboxylic acids is 3. The van der Waals surface area contributed by atoms with Gasteiger partial charge in [-0.25, -0.2) is 14.4 Å². The monoisotopic (exact) mass is 609 g/mol. The summed E-state index contributed by atoms with van der Waals surface area (Å²) in [4.78, 5) is 72.6. The van der Waals surface area contributed by atoms with E-state index in [0.29, 0.717) is 16.7 Å². The maximum absolute atomic E-state index is 13.1. The quantitative estimate of drug-likeness (QED) is 0.139. The van der Waals surface area contributed by atoms with Gasteiger partial charge in [-0.05, 0) is 71.3 Å². The number of hydrogen-bond acceptors (Lipinski definition) is 6. The zero-order valence-corrected chi connectivity index (χ0v) is 23.6. The Balaban J connectivity index is 1.51. The van der Waals surface area contributed by atoms with Crippen LogP contribution >= 0.6 is 0 Å². The molecule has 0 heterocycles. The molecule has 3 amide bonds. The summed E-state index contributed by atoms with van der Waals surface area (Å²) in [5.74, 6) is -5.01. The van der Waals surface area contributed by atoms with Gasteiger partial charge in [-0.3, -0.25) is 14.4 Å². The second-order valence-corrected chi connectivity index (χ2v) is 9.85. The van der Waals surface area contributed by atoms with Crippen LogP contribution in [-0.4, -0.2) is 50.9 Å². The number of nitrogens with one attached hydrogen (secondary N) is 3. The third-order valence-corrected chi connectivity index (χ3v) is 6.68. The minimum absolute atomic E-state index is 0.0200. The van der Waals surface area contributed by atoms with Crippen LogP contribution in [0.3, 0.4) is 0 Å². The summed E-state index contributed by atoms with van der Waals surface area (Å²) in [5, 5.41) is 35.3. The molecule has 0 aliphatic carbocycles. The average molecular weight is 610 g/mol. The molecular weight excluding hydrogens is 582 g/mol. The van der Waals surface area contributed by atoms with Crippen molar-refractivity contribution in [3.05, 3.63) is 141 Å². The first-order valence-corrected chi connectivity index (χ1v) is 13.5. The first-order valence-electron chi connectivity index (χ1n) is 13.5. The molecule has 0 saturated heterocycles. The van der Waals surface area contributed by atoms with Gasteiger partial charge in [0.15, 0.2) is 0 Å². The summed E-state index contributed by atoms with van der Waals surface area (Å²) >= 11 is 0. The van der Waals surface area contributed by atoms with Gasteiger partial charge in [0.2, 0.25) is 0 Å². The molecule has 0 radical (unpaired) electrons. The summed E-state index contributed by atoms with van der Waals surface area (Å²) in [6, 6.07) is 21.7. The van der Waals surface area contributed by atoms with Crippen molar-refractivity contribution in [2.24, 2.45) is 0 Å². The van der Waals surface area contributed by atoms with E-state index < -0.39 is 35.6 Å². The Morgan fingerprint density at radius 3 is 0.800 bits per heavy atom. The van der Waals surface area contributed by atoms with Crippen LogP contribution in [-0.2, 0) is 19.6 Å². The highest BCUT2D eigenvalue weighted by molar-refractivity contribution is 6.04.